The molecule has 5 rings (SSSR count). The molecule has 0 saturated heterocycles. The van der Waals surface area contributed by atoms with E-state index < -0.39 is 4.92 Å². The van der Waals surface area contributed by atoms with E-state index in [9.17, 15) is 14.9 Å². The highest BCUT2D eigenvalue weighted by Crippen LogP contribution is 2.35. The summed E-state index contributed by atoms with van der Waals surface area (Å²) in [6.07, 6.45) is 1.68. The van der Waals surface area contributed by atoms with Crippen LogP contribution in [-0.4, -0.2) is 27.9 Å². The summed E-state index contributed by atoms with van der Waals surface area (Å²) in [5.41, 5.74) is 1.45. The molecule has 0 fully saturated rings. The number of amides is 1. The van der Waals surface area contributed by atoms with Crippen molar-refractivity contribution in [1.29, 1.82) is 0 Å². The van der Waals surface area contributed by atoms with E-state index in [-0.39, 0.29) is 18.1 Å². The minimum Gasteiger partial charge on any atom is -0.497 e. The number of nitro groups is 1. The lowest BCUT2D eigenvalue weighted by Crippen LogP contribution is -2.30. The van der Waals surface area contributed by atoms with Gasteiger partial charge in [0.1, 0.15) is 5.75 Å². The van der Waals surface area contributed by atoms with Crippen LogP contribution in [0.25, 0.3) is 20.3 Å². The van der Waals surface area contributed by atoms with Crippen LogP contribution >= 0.6 is 22.7 Å². The molecule has 1 amide bonds. The van der Waals surface area contributed by atoms with Crippen molar-refractivity contribution < 1.29 is 14.5 Å². The van der Waals surface area contributed by atoms with Gasteiger partial charge in [-0.1, -0.05) is 17.4 Å². The SMILES string of the molecule is COc1ccc2sc(N(Cc3ccccn3)C(=O)c3cc4cc([N+](=O)[O-])ccc4s3)nc2c1. The van der Waals surface area contributed by atoms with Gasteiger partial charge in [-0.05, 0) is 36.4 Å². The predicted octanol–water partition coefficient (Wildman–Crippen LogP) is 5.67. The first kappa shape index (κ1) is 21.0. The number of methoxy groups -OCH3 is 1. The molecule has 33 heavy (non-hydrogen) atoms. The highest BCUT2D eigenvalue weighted by atomic mass is 32.1. The number of nitrogens with zero attached hydrogens (tertiary/aromatic N) is 4. The molecule has 0 saturated carbocycles. The summed E-state index contributed by atoms with van der Waals surface area (Å²) in [6.45, 7) is 0.241. The van der Waals surface area contributed by atoms with Crippen LogP contribution in [0.2, 0.25) is 0 Å². The summed E-state index contributed by atoms with van der Waals surface area (Å²) in [5.74, 6) is 0.448. The van der Waals surface area contributed by atoms with E-state index in [1.54, 1.807) is 30.3 Å². The van der Waals surface area contributed by atoms with Crippen molar-refractivity contribution >= 4 is 59.7 Å². The molecular formula is C23H16N4O4S2. The summed E-state index contributed by atoms with van der Waals surface area (Å²) in [6, 6.07) is 17.4. The van der Waals surface area contributed by atoms with Crippen LogP contribution in [0, 0.1) is 10.1 Å². The average Bonchev–Trinajstić information content (AvgIpc) is 3.45. The maximum atomic E-state index is 13.7. The molecule has 0 spiro atoms. The first-order valence-corrected chi connectivity index (χ1v) is 11.5. The van der Waals surface area contributed by atoms with Crippen LogP contribution in [0.1, 0.15) is 15.4 Å². The van der Waals surface area contributed by atoms with E-state index in [2.05, 4.69) is 9.97 Å². The van der Waals surface area contributed by atoms with Crippen LogP contribution in [0.5, 0.6) is 5.75 Å². The molecule has 3 heterocycles. The second kappa shape index (κ2) is 8.57. The number of carbonyl (C=O) groups excluding carboxylic acids is 1. The van der Waals surface area contributed by atoms with E-state index in [0.717, 1.165) is 20.6 Å². The minimum absolute atomic E-state index is 0.00948. The zero-order chi connectivity index (χ0) is 22.9. The number of hydrogen-bond acceptors (Lipinski definition) is 8. The third-order valence-electron chi connectivity index (χ3n) is 5.03. The Labute approximate surface area is 195 Å². The topological polar surface area (TPSA) is 98.5 Å². The number of hydrogen-bond donors (Lipinski definition) is 0. The van der Waals surface area contributed by atoms with Gasteiger partial charge in [-0.25, -0.2) is 4.98 Å². The number of non-ortho nitro benzene ring substituents is 1. The van der Waals surface area contributed by atoms with Crippen LogP contribution in [-0.2, 0) is 6.54 Å². The van der Waals surface area contributed by atoms with E-state index in [4.69, 9.17) is 4.74 Å². The van der Waals surface area contributed by atoms with Crippen LogP contribution in [0.15, 0.2) is 66.9 Å². The highest BCUT2D eigenvalue weighted by molar-refractivity contribution is 7.23. The molecule has 0 N–H and O–H groups in total. The fourth-order valence-corrected chi connectivity index (χ4v) is 5.34. The van der Waals surface area contributed by atoms with Gasteiger partial charge in [0.15, 0.2) is 5.13 Å². The zero-order valence-corrected chi connectivity index (χ0v) is 18.9. The molecule has 8 nitrogen and oxygen atoms in total. The minimum atomic E-state index is -0.443. The Balaban J connectivity index is 1.57. The highest BCUT2D eigenvalue weighted by Gasteiger charge is 2.24. The molecule has 2 aromatic carbocycles. The number of benzene rings is 2. The lowest BCUT2D eigenvalue weighted by molar-refractivity contribution is -0.384. The lowest BCUT2D eigenvalue weighted by Gasteiger charge is -2.18. The molecule has 0 unspecified atom stereocenters. The van der Waals surface area contributed by atoms with Crippen molar-refractivity contribution in [3.05, 3.63) is 87.5 Å². The maximum absolute atomic E-state index is 13.7. The van der Waals surface area contributed by atoms with Gasteiger partial charge in [-0.2, -0.15) is 0 Å². The molecule has 0 aliphatic carbocycles. The number of nitro benzene ring substituents is 1. The van der Waals surface area contributed by atoms with Crippen LogP contribution < -0.4 is 9.64 Å². The van der Waals surface area contributed by atoms with Gasteiger partial charge < -0.3 is 4.74 Å². The van der Waals surface area contributed by atoms with E-state index in [1.165, 1.54) is 34.8 Å². The van der Waals surface area contributed by atoms with Gasteiger partial charge in [0.25, 0.3) is 11.6 Å². The molecule has 0 atom stereocenters. The zero-order valence-electron chi connectivity index (χ0n) is 17.3. The van der Waals surface area contributed by atoms with Crippen molar-refractivity contribution in [2.45, 2.75) is 6.54 Å². The molecule has 5 aromatic rings. The van der Waals surface area contributed by atoms with Crippen molar-refractivity contribution in [1.82, 2.24) is 9.97 Å². The van der Waals surface area contributed by atoms with Gasteiger partial charge >= 0.3 is 0 Å². The first-order valence-electron chi connectivity index (χ1n) is 9.86. The molecular weight excluding hydrogens is 460 g/mol. The third-order valence-corrected chi connectivity index (χ3v) is 7.19. The summed E-state index contributed by atoms with van der Waals surface area (Å²) >= 11 is 2.70. The Kier molecular flexibility index (Phi) is 5.45. The van der Waals surface area contributed by atoms with E-state index in [0.29, 0.717) is 21.1 Å². The first-order chi connectivity index (χ1) is 16.0. The summed E-state index contributed by atoms with van der Waals surface area (Å²) in [7, 11) is 1.59. The maximum Gasteiger partial charge on any atom is 0.270 e. The van der Waals surface area contributed by atoms with Gasteiger partial charge in [0, 0.05) is 34.5 Å². The number of carbonyl (C=O) groups is 1. The number of pyridine rings is 1. The largest absolute Gasteiger partial charge is 0.497 e. The Morgan fingerprint density at radius 3 is 2.70 bits per heavy atom. The Morgan fingerprint density at radius 2 is 1.94 bits per heavy atom. The van der Waals surface area contributed by atoms with Crippen LogP contribution in [0.4, 0.5) is 10.8 Å². The summed E-state index contributed by atoms with van der Waals surface area (Å²) in [4.78, 5) is 35.5. The van der Waals surface area contributed by atoms with Gasteiger partial charge in [-0.3, -0.25) is 24.8 Å². The summed E-state index contributed by atoms with van der Waals surface area (Å²) in [5, 5.41) is 12.3. The number of aromatic nitrogens is 2. The van der Waals surface area contributed by atoms with Crippen molar-refractivity contribution in [3.8, 4) is 5.75 Å². The molecule has 0 aliphatic rings. The van der Waals surface area contributed by atoms with Crippen LogP contribution in [0.3, 0.4) is 0 Å². The van der Waals surface area contributed by atoms with E-state index in [1.807, 2.05) is 36.4 Å². The van der Waals surface area contributed by atoms with Crippen molar-refractivity contribution in [2.24, 2.45) is 0 Å². The molecule has 0 bridgehead atoms. The fourth-order valence-electron chi connectivity index (χ4n) is 3.40. The Morgan fingerprint density at radius 1 is 1.09 bits per heavy atom. The molecule has 3 aromatic heterocycles. The Hall–Kier alpha value is -3.89. The number of rotatable bonds is 6. The van der Waals surface area contributed by atoms with E-state index >= 15 is 0 Å². The van der Waals surface area contributed by atoms with Gasteiger partial charge in [0.05, 0.1) is 39.4 Å². The van der Waals surface area contributed by atoms with Gasteiger partial charge in [0.2, 0.25) is 0 Å². The lowest BCUT2D eigenvalue weighted by atomic mass is 10.2. The molecule has 0 radical (unpaired) electrons. The second-order valence-corrected chi connectivity index (χ2v) is 9.23. The fraction of sp³-hybridized carbons (Fsp3) is 0.0870. The average molecular weight is 477 g/mol. The second-order valence-electron chi connectivity index (χ2n) is 7.13. The van der Waals surface area contributed by atoms with Crippen molar-refractivity contribution in [3.63, 3.8) is 0 Å². The van der Waals surface area contributed by atoms with Crippen molar-refractivity contribution in [2.75, 3.05) is 12.0 Å². The predicted molar refractivity (Wildman–Crippen MR) is 129 cm³/mol. The molecule has 10 heteroatoms. The molecule has 0 aliphatic heterocycles. The number of thiazole rings is 1. The quantitative estimate of drug-likeness (QED) is 0.231. The standard InChI is InChI=1S/C23H16N4O4S2/c1-31-17-6-8-20-18(12-17)25-23(33-20)26(13-15-4-2-3-9-24-15)22(28)21-11-14-10-16(27(29)30)5-7-19(14)32-21/h2-12H,13H2,1H3. The smallest absolute Gasteiger partial charge is 0.270 e. The monoisotopic (exact) mass is 476 g/mol. The number of fused-ring (bicyclic) bond motifs is 2. The number of anilines is 1. The number of thiophene rings is 1. The Bertz CT molecular complexity index is 1500. The summed E-state index contributed by atoms with van der Waals surface area (Å²) < 4.78 is 7.02. The molecule has 164 valence electrons. The number of ether oxygens (including phenoxy) is 1. The third kappa shape index (κ3) is 4.13. The van der Waals surface area contributed by atoms with Gasteiger partial charge in [-0.15, -0.1) is 11.3 Å². The normalized spacial score (nSPS) is 11.1.